The van der Waals surface area contributed by atoms with Crippen LogP contribution < -0.4 is 5.73 Å². The molecule has 1 aromatic rings. The molecule has 1 atom stereocenters. The molecule has 0 heterocycles. The van der Waals surface area contributed by atoms with Crippen LogP contribution in [0.3, 0.4) is 0 Å². The van der Waals surface area contributed by atoms with E-state index < -0.39 is 37.4 Å². The van der Waals surface area contributed by atoms with Crippen molar-refractivity contribution in [1.29, 1.82) is 0 Å². The van der Waals surface area contributed by atoms with Crippen molar-refractivity contribution in [3.8, 4) is 0 Å². The van der Waals surface area contributed by atoms with Gasteiger partial charge in [-0.05, 0) is 22.0 Å². The van der Waals surface area contributed by atoms with Gasteiger partial charge in [0.15, 0.2) is 0 Å². The largest absolute Gasteiger partial charge is 0.373 e. The third-order valence-electron chi connectivity index (χ3n) is 2.38. The molecule has 0 bridgehead atoms. The monoisotopic (exact) mass is 381 g/mol. The van der Waals surface area contributed by atoms with Gasteiger partial charge in [0, 0.05) is 10.0 Å². The minimum absolute atomic E-state index is 0.0569. The zero-order chi connectivity index (χ0) is 15.5. The first-order chi connectivity index (χ1) is 9.16. The number of ether oxygens (including phenoxy) is 1. The highest BCUT2D eigenvalue weighted by molar-refractivity contribution is 9.10. The zero-order valence-electron chi connectivity index (χ0n) is 9.85. The molecule has 2 nitrogen and oxygen atoms in total. The minimum Gasteiger partial charge on any atom is -0.373 e. The van der Waals surface area contributed by atoms with Crippen LogP contribution in [0.25, 0.3) is 0 Å². The first-order valence-corrected chi connectivity index (χ1v) is 6.46. The van der Waals surface area contributed by atoms with E-state index in [1.165, 1.54) is 12.1 Å². The summed E-state index contributed by atoms with van der Waals surface area (Å²) in [6.45, 7) is -2.04. The number of benzene rings is 1. The molecule has 2 N–H and O–H groups in total. The van der Waals surface area contributed by atoms with Crippen molar-refractivity contribution in [2.24, 2.45) is 5.73 Å². The Hall–Kier alpha value is -0.440. The van der Waals surface area contributed by atoms with Crippen molar-refractivity contribution in [1.82, 2.24) is 0 Å². The fourth-order valence-electron chi connectivity index (χ4n) is 1.30. The van der Waals surface area contributed by atoms with E-state index in [9.17, 15) is 22.0 Å². The fraction of sp³-hybridized carbons (Fsp3) is 0.455. The van der Waals surface area contributed by atoms with E-state index in [1.807, 2.05) is 0 Å². The maximum Gasteiger partial charge on any atom is 0.330 e. The van der Waals surface area contributed by atoms with Gasteiger partial charge < -0.3 is 10.5 Å². The molecule has 0 amide bonds. The predicted molar refractivity (Wildman–Crippen MR) is 67.8 cm³/mol. The quantitative estimate of drug-likeness (QED) is 0.592. The van der Waals surface area contributed by atoms with E-state index in [-0.39, 0.29) is 10.6 Å². The molecular formula is C11H10BrClF5NO. The number of nitrogens with two attached hydrogens (primary N) is 1. The van der Waals surface area contributed by atoms with Gasteiger partial charge in [-0.2, -0.15) is 8.78 Å². The Morgan fingerprint density at radius 3 is 2.50 bits per heavy atom. The smallest absolute Gasteiger partial charge is 0.330 e. The Morgan fingerprint density at radius 1 is 1.35 bits per heavy atom. The molecule has 114 valence electrons. The molecule has 0 aliphatic rings. The van der Waals surface area contributed by atoms with Crippen LogP contribution in [0.5, 0.6) is 0 Å². The minimum atomic E-state index is -4.27. The summed E-state index contributed by atoms with van der Waals surface area (Å²) in [5.41, 5.74) is 5.49. The molecule has 1 rings (SSSR count). The third kappa shape index (κ3) is 4.28. The second-order valence-electron chi connectivity index (χ2n) is 3.95. The van der Waals surface area contributed by atoms with Gasteiger partial charge in [0.25, 0.3) is 0 Å². The number of hydrogen-bond donors (Lipinski definition) is 1. The highest BCUT2D eigenvalue weighted by Crippen LogP contribution is 2.30. The standard InChI is InChI=1S/C11H10BrClF5NO/c12-6-2-1-5(9(14)8(6)13)7(19)3-20-4-11(17,18)10(15)16/h1-2,7,10H,3-4,19H2. The van der Waals surface area contributed by atoms with Crippen LogP contribution >= 0.6 is 27.5 Å². The summed E-state index contributed by atoms with van der Waals surface area (Å²) in [5, 5.41) is -0.212. The van der Waals surface area contributed by atoms with Gasteiger partial charge in [-0.1, -0.05) is 17.7 Å². The van der Waals surface area contributed by atoms with E-state index in [1.54, 1.807) is 0 Å². The lowest BCUT2D eigenvalue weighted by molar-refractivity contribution is -0.166. The van der Waals surface area contributed by atoms with Crippen molar-refractivity contribution in [3.63, 3.8) is 0 Å². The van der Waals surface area contributed by atoms with Crippen molar-refractivity contribution in [2.45, 2.75) is 18.4 Å². The maximum absolute atomic E-state index is 13.7. The van der Waals surface area contributed by atoms with Crippen LogP contribution in [-0.2, 0) is 4.74 Å². The lowest BCUT2D eigenvalue weighted by Crippen LogP contribution is -2.33. The number of halogens is 7. The Balaban J connectivity index is 2.65. The fourth-order valence-corrected chi connectivity index (χ4v) is 1.78. The molecule has 20 heavy (non-hydrogen) atoms. The summed E-state index contributed by atoms with van der Waals surface area (Å²) in [5.74, 6) is -5.09. The van der Waals surface area contributed by atoms with E-state index in [0.717, 1.165) is 0 Å². The summed E-state index contributed by atoms with van der Waals surface area (Å²) >= 11 is 8.64. The summed E-state index contributed by atoms with van der Waals surface area (Å²) in [6, 6.07) is 1.62. The Labute approximate surface area is 125 Å². The van der Waals surface area contributed by atoms with E-state index in [2.05, 4.69) is 20.7 Å². The lowest BCUT2D eigenvalue weighted by atomic mass is 10.1. The van der Waals surface area contributed by atoms with Gasteiger partial charge in [0.2, 0.25) is 0 Å². The normalized spacial score (nSPS) is 13.8. The molecule has 0 spiro atoms. The SMILES string of the molecule is NC(COCC(F)(F)C(F)F)c1ccc(Br)c(Cl)c1F. The average molecular weight is 383 g/mol. The average Bonchev–Trinajstić information content (AvgIpc) is 2.35. The van der Waals surface area contributed by atoms with E-state index >= 15 is 0 Å². The van der Waals surface area contributed by atoms with Gasteiger partial charge in [-0.15, -0.1) is 0 Å². The first-order valence-electron chi connectivity index (χ1n) is 5.29. The topological polar surface area (TPSA) is 35.2 Å². The Bertz CT molecular complexity index is 474. The van der Waals surface area contributed by atoms with Crippen LogP contribution in [0.1, 0.15) is 11.6 Å². The van der Waals surface area contributed by atoms with Crippen LogP contribution in [0, 0.1) is 5.82 Å². The molecule has 0 saturated carbocycles. The number of hydrogen-bond acceptors (Lipinski definition) is 2. The van der Waals surface area contributed by atoms with Gasteiger partial charge in [0.05, 0.1) is 17.7 Å². The molecule has 0 fully saturated rings. The summed E-state index contributed by atoms with van der Waals surface area (Å²) in [4.78, 5) is 0. The highest BCUT2D eigenvalue weighted by atomic mass is 79.9. The number of rotatable bonds is 6. The van der Waals surface area contributed by atoms with Crippen LogP contribution in [-0.4, -0.2) is 25.6 Å². The van der Waals surface area contributed by atoms with Crippen molar-refractivity contribution in [3.05, 3.63) is 33.0 Å². The van der Waals surface area contributed by atoms with Crippen LogP contribution in [0.4, 0.5) is 22.0 Å². The highest BCUT2D eigenvalue weighted by Gasteiger charge is 2.41. The second-order valence-corrected chi connectivity index (χ2v) is 5.18. The van der Waals surface area contributed by atoms with E-state index in [0.29, 0.717) is 4.47 Å². The van der Waals surface area contributed by atoms with Gasteiger partial charge in [0.1, 0.15) is 12.4 Å². The molecule has 1 unspecified atom stereocenters. The van der Waals surface area contributed by atoms with Crippen LogP contribution in [0.15, 0.2) is 16.6 Å². The lowest BCUT2D eigenvalue weighted by Gasteiger charge is -2.18. The molecule has 0 aliphatic carbocycles. The molecule has 1 aromatic carbocycles. The van der Waals surface area contributed by atoms with Crippen molar-refractivity contribution in [2.75, 3.05) is 13.2 Å². The van der Waals surface area contributed by atoms with Crippen LogP contribution in [0.2, 0.25) is 5.02 Å². The van der Waals surface area contributed by atoms with Gasteiger partial charge in [-0.25, -0.2) is 13.2 Å². The molecule has 0 radical (unpaired) electrons. The zero-order valence-corrected chi connectivity index (χ0v) is 12.2. The van der Waals surface area contributed by atoms with Gasteiger partial charge in [-0.3, -0.25) is 0 Å². The van der Waals surface area contributed by atoms with E-state index in [4.69, 9.17) is 17.3 Å². The van der Waals surface area contributed by atoms with Crippen molar-refractivity contribution >= 4 is 27.5 Å². The summed E-state index contributed by atoms with van der Waals surface area (Å²) in [7, 11) is 0. The molecular weight excluding hydrogens is 372 g/mol. The summed E-state index contributed by atoms with van der Waals surface area (Å²) in [6.07, 6.45) is -3.84. The Morgan fingerprint density at radius 2 is 1.95 bits per heavy atom. The predicted octanol–water partition coefficient (Wildman–Crippen LogP) is 4.16. The van der Waals surface area contributed by atoms with Crippen molar-refractivity contribution < 1.29 is 26.7 Å². The second kappa shape index (κ2) is 7.02. The Kier molecular flexibility index (Phi) is 6.18. The summed E-state index contributed by atoms with van der Waals surface area (Å²) < 4.78 is 67.4. The molecule has 0 aromatic heterocycles. The molecule has 9 heteroatoms. The molecule has 0 aliphatic heterocycles. The third-order valence-corrected chi connectivity index (χ3v) is 3.63. The maximum atomic E-state index is 13.7. The molecule has 0 saturated heterocycles. The first kappa shape index (κ1) is 17.6. The van der Waals surface area contributed by atoms with Gasteiger partial charge >= 0.3 is 12.3 Å². The number of alkyl halides is 4.